The highest BCUT2D eigenvalue weighted by Gasteiger charge is 2.20. The zero-order valence-corrected chi connectivity index (χ0v) is 10.8. The lowest BCUT2D eigenvalue weighted by Gasteiger charge is -2.31. The Morgan fingerprint density at radius 3 is 2.82 bits per heavy atom. The summed E-state index contributed by atoms with van der Waals surface area (Å²) in [5.74, 6) is 0.847. The Morgan fingerprint density at radius 2 is 2.24 bits per heavy atom. The van der Waals surface area contributed by atoms with Gasteiger partial charge in [-0.25, -0.2) is 4.98 Å². The molecule has 0 spiro atoms. The minimum absolute atomic E-state index is 0.190. The molecule has 0 radical (unpaired) electrons. The highest BCUT2D eigenvalue weighted by Crippen LogP contribution is 2.22. The molecule has 0 atom stereocenters. The molecule has 1 aromatic rings. The van der Waals surface area contributed by atoms with Crippen molar-refractivity contribution in [3.8, 4) is 0 Å². The molecule has 0 bridgehead atoms. The Morgan fingerprint density at radius 1 is 1.53 bits per heavy atom. The van der Waals surface area contributed by atoms with E-state index in [9.17, 15) is 4.79 Å². The monoisotopic (exact) mass is 252 g/mol. The van der Waals surface area contributed by atoms with Crippen LogP contribution in [0.3, 0.4) is 0 Å². The zero-order chi connectivity index (χ0) is 12.3. The number of hydrogen-bond acceptors (Lipinski definition) is 2. The Labute approximate surface area is 107 Å². The molecule has 4 heteroatoms. The molecule has 1 saturated heterocycles. The maximum atomic E-state index is 11.2. The van der Waals surface area contributed by atoms with Gasteiger partial charge in [0.05, 0.1) is 0 Å². The molecule has 1 aromatic heterocycles. The summed E-state index contributed by atoms with van der Waals surface area (Å²) < 4.78 is 0. The molecule has 1 aliphatic heterocycles. The summed E-state index contributed by atoms with van der Waals surface area (Å²) in [4.78, 5) is 17.1. The summed E-state index contributed by atoms with van der Waals surface area (Å²) in [6.07, 6.45) is 4.95. The smallest absolute Gasteiger partial charge is 0.219 e. The number of halogens is 1. The van der Waals surface area contributed by atoms with E-state index in [0.29, 0.717) is 11.1 Å². The van der Waals surface area contributed by atoms with E-state index in [4.69, 9.17) is 11.6 Å². The molecule has 2 heterocycles. The summed E-state index contributed by atoms with van der Waals surface area (Å²) >= 11 is 5.86. The second-order valence-corrected chi connectivity index (χ2v) is 5.03. The van der Waals surface area contributed by atoms with Gasteiger partial charge in [0, 0.05) is 26.2 Å². The molecular formula is C13H17ClN2O. The standard InChI is InChI=1S/C13H17ClN2O/c1-10(17)16-6-3-11(4-7-16)8-12-2-5-15-13(14)9-12/h2,5,9,11H,3-4,6-8H2,1H3. The number of hydrogen-bond donors (Lipinski definition) is 0. The van der Waals surface area contributed by atoms with Crippen molar-refractivity contribution in [3.05, 3.63) is 29.0 Å². The number of likely N-dealkylation sites (tertiary alicyclic amines) is 1. The van der Waals surface area contributed by atoms with E-state index >= 15 is 0 Å². The van der Waals surface area contributed by atoms with E-state index in [1.807, 2.05) is 17.0 Å². The predicted molar refractivity (Wildman–Crippen MR) is 67.9 cm³/mol. The molecule has 3 nitrogen and oxygen atoms in total. The molecule has 17 heavy (non-hydrogen) atoms. The number of carbonyl (C=O) groups is 1. The van der Waals surface area contributed by atoms with Crippen molar-refractivity contribution in [1.82, 2.24) is 9.88 Å². The molecule has 1 amide bonds. The first-order valence-corrected chi connectivity index (χ1v) is 6.39. The lowest BCUT2D eigenvalue weighted by Crippen LogP contribution is -2.37. The summed E-state index contributed by atoms with van der Waals surface area (Å²) in [6, 6.07) is 3.95. The fourth-order valence-electron chi connectivity index (χ4n) is 2.35. The van der Waals surface area contributed by atoms with Gasteiger partial charge in [-0.3, -0.25) is 4.79 Å². The normalized spacial score (nSPS) is 17.2. The second kappa shape index (κ2) is 5.50. The maximum absolute atomic E-state index is 11.2. The van der Waals surface area contributed by atoms with Crippen molar-refractivity contribution in [2.75, 3.05) is 13.1 Å². The number of amides is 1. The number of carbonyl (C=O) groups excluding carboxylic acids is 1. The third-order valence-corrected chi connectivity index (χ3v) is 3.58. The summed E-state index contributed by atoms with van der Waals surface area (Å²) in [6.45, 7) is 3.42. The van der Waals surface area contributed by atoms with Crippen LogP contribution in [-0.4, -0.2) is 28.9 Å². The molecule has 1 fully saturated rings. The molecule has 0 N–H and O–H groups in total. The van der Waals surface area contributed by atoms with E-state index in [0.717, 1.165) is 32.4 Å². The van der Waals surface area contributed by atoms with Crippen LogP contribution in [0, 0.1) is 5.92 Å². The zero-order valence-electron chi connectivity index (χ0n) is 10.0. The average Bonchev–Trinajstić information content (AvgIpc) is 2.29. The van der Waals surface area contributed by atoms with E-state index in [2.05, 4.69) is 4.98 Å². The number of pyridine rings is 1. The van der Waals surface area contributed by atoms with Crippen LogP contribution in [0.15, 0.2) is 18.3 Å². The van der Waals surface area contributed by atoms with Crippen LogP contribution < -0.4 is 0 Å². The third kappa shape index (κ3) is 3.43. The number of piperidine rings is 1. The van der Waals surface area contributed by atoms with Crippen LogP contribution in [0.1, 0.15) is 25.3 Å². The van der Waals surface area contributed by atoms with Gasteiger partial charge in [-0.15, -0.1) is 0 Å². The van der Waals surface area contributed by atoms with Crippen molar-refractivity contribution in [1.29, 1.82) is 0 Å². The lowest BCUT2D eigenvalue weighted by atomic mass is 9.90. The van der Waals surface area contributed by atoms with Gasteiger partial charge >= 0.3 is 0 Å². The first-order chi connectivity index (χ1) is 8.15. The quantitative estimate of drug-likeness (QED) is 0.758. The van der Waals surface area contributed by atoms with Crippen molar-refractivity contribution >= 4 is 17.5 Å². The van der Waals surface area contributed by atoms with Crippen LogP contribution in [0.4, 0.5) is 0 Å². The largest absolute Gasteiger partial charge is 0.343 e. The fraction of sp³-hybridized carbons (Fsp3) is 0.538. The SMILES string of the molecule is CC(=O)N1CCC(Cc2ccnc(Cl)c2)CC1. The number of nitrogens with zero attached hydrogens (tertiary/aromatic N) is 2. The number of rotatable bonds is 2. The molecule has 0 unspecified atom stereocenters. The highest BCUT2D eigenvalue weighted by atomic mass is 35.5. The molecule has 0 saturated carbocycles. The average molecular weight is 253 g/mol. The molecule has 2 rings (SSSR count). The van der Waals surface area contributed by atoms with Gasteiger partial charge in [-0.05, 0) is 42.9 Å². The predicted octanol–water partition coefficient (Wildman–Crippen LogP) is 2.54. The van der Waals surface area contributed by atoms with Gasteiger partial charge in [-0.2, -0.15) is 0 Å². The molecule has 1 aliphatic rings. The molecule has 92 valence electrons. The van der Waals surface area contributed by atoms with Crippen LogP contribution in [0.5, 0.6) is 0 Å². The Kier molecular flexibility index (Phi) is 4.00. The molecule has 0 aliphatic carbocycles. The second-order valence-electron chi connectivity index (χ2n) is 4.64. The highest BCUT2D eigenvalue weighted by molar-refractivity contribution is 6.29. The third-order valence-electron chi connectivity index (χ3n) is 3.38. The minimum atomic E-state index is 0.190. The van der Waals surface area contributed by atoms with Crippen molar-refractivity contribution < 1.29 is 4.79 Å². The summed E-state index contributed by atoms with van der Waals surface area (Å²) in [7, 11) is 0. The summed E-state index contributed by atoms with van der Waals surface area (Å²) in [5, 5.41) is 0.559. The lowest BCUT2D eigenvalue weighted by molar-refractivity contribution is -0.130. The van der Waals surface area contributed by atoms with Gasteiger partial charge in [0.1, 0.15) is 5.15 Å². The van der Waals surface area contributed by atoms with Crippen LogP contribution in [0.25, 0.3) is 0 Å². The summed E-state index contributed by atoms with van der Waals surface area (Å²) in [5.41, 5.74) is 1.24. The Bertz CT molecular complexity index is 400. The fourth-order valence-corrected chi connectivity index (χ4v) is 2.55. The molecular weight excluding hydrogens is 236 g/mol. The van der Waals surface area contributed by atoms with E-state index in [1.165, 1.54) is 5.56 Å². The molecule has 0 aromatic carbocycles. The Balaban J connectivity index is 1.88. The van der Waals surface area contributed by atoms with Crippen LogP contribution in [-0.2, 0) is 11.2 Å². The topological polar surface area (TPSA) is 33.2 Å². The van der Waals surface area contributed by atoms with E-state index < -0.39 is 0 Å². The maximum Gasteiger partial charge on any atom is 0.219 e. The van der Waals surface area contributed by atoms with Gasteiger partial charge in [-0.1, -0.05) is 11.6 Å². The van der Waals surface area contributed by atoms with Crippen molar-refractivity contribution in [2.45, 2.75) is 26.2 Å². The van der Waals surface area contributed by atoms with Crippen LogP contribution in [0.2, 0.25) is 5.15 Å². The number of aromatic nitrogens is 1. The first-order valence-electron chi connectivity index (χ1n) is 6.01. The van der Waals surface area contributed by atoms with Crippen molar-refractivity contribution in [3.63, 3.8) is 0 Å². The van der Waals surface area contributed by atoms with E-state index in [1.54, 1.807) is 13.1 Å². The van der Waals surface area contributed by atoms with Gasteiger partial charge in [0.25, 0.3) is 0 Å². The van der Waals surface area contributed by atoms with Crippen LogP contribution >= 0.6 is 11.6 Å². The van der Waals surface area contributed by atoms with Gasteiger partial charge < -0.3 is 4.90 Å². The van der Waals surface area contributed by atoms with Gasteiger partial charge in [0.15, 0.2) is 0 Å². The first kappa shape index (κ1) is 12.4. The van der Waals surface area contributed by atoms with Gasteiger partial charge in [0.2, 0.25) is 5.91 Å². The van der Waals surface area contributed by atoms with Crippen molar-refractivity contribution in [2.24, 2.45) is 5.92 Å². The van der Waals surface area contributed by atoms with E-state index in [-0.39, 0.29) is 5.91 Å². The minimum Gasteiger partial charge on any atom is -0.343 e. The Hall–Kier alpha value is -1.09.